The number of rotatable bonds is 5. The first-order valence-electron chi connectivity index (χ1n) is 3.74. The molecule has 0 spiro atoms. The van der Waals surface area contributed by atoms with Gasteiger partial charge in [-0.25, -0.2) is 0 Å². The van der Waals surface area contributed by atoms with Crippen LogP contribution in [0.1, 0.15) is 13.3 Å². The molecule has 1 N–H and O–H groups in total. The maximum Gasteiger partial charge on any atom is 0.307 e. The second-order valence-corrected chi connectivity index (χ2v) is 2.37. The Balaban J connectivity index is 4.17. The number of carbonyl (C=O) groups is 2. The molecule has 0 aromatic heterocycles. The number of allylic oxidation sites excluding steroid dienone is 2. The van der Waals surface area contributed by atoms with Gasteiger partial charge < -0.3 is 9.84 Å². The molecule has 0 saturated heterocycles. The zero-order valence-corrected chi connectivity index (χ0v) is 7.40. The molecule has 0 rings (SSSR count). The van der Waals surface area contributed by atoms with Crippen molar-refractivity contribution in [3.05, 3.63) is 24.8 Å². The van der Waals surface area contributed by atoms with E-state index in [2.05, 4.69) is 6.58 Å². The highest BCUT2D eigenvalue weighted by Crippen LogP contribution is 2.01. The van der Waals surface area contributed by atoms with Gasteiger partial charge >= 0.3 is 11.9 Å². The molecule has 1 unspecified atom stereocenters. The number of ether oxygens (including phenoxy) is 1. The largest absolute Gasteiger partial charge is 0.481 e. The lowest BCUT2D eigenvalue weighted by atomic mass is 10.2. The van der Waals surface area contributed by atoms with Gasteiger partial charge in [0.15, 0.2) is 0 Å². The van der Waals surface area contributed by atoms with E-state index in [-0.39, 0.29) is 6.42 Å². The summed E-state index contributed by atoms with van der Waals surface area (Å²) < 4.78 is 4.71. The number of carboxylic acid groups (broad SMARTS) is 1. The van der Waals surface area contributed by atoms with Crippen LogP contribution in [-0.4, -0.2) is 23.1 Å². The lowest BCUT2D eigenvalue weighted by Gasteiger charge is -2.09. The minimum absolute atomic E-state index is 0.232. The van der Waals surface area contributed by atoms with Crippen molar-refractivity contribution in [1.29, 1.82) is 0 Å². The SMILES string of the molecule is C=C/C=C/C(CC(=O)O)OC(C)=O. The molecular formula is C9H12O4. The smallest absolute Gasteiger partial charge is 0.307 e. The summed E-state index contributed by atoms with van der Waals surface area (Å²) in [4.78, 5) is 20.8. The van der Waals surface area contributed by atoms with E-state index in [1.54, 1.807) is 0 Å². The fourth-order valence-electron chi connectivity index (χ4n) is 0.737. The summed E-state index contributed by atoms with van der Waals surface area (Å²) in [6.07, 6.45) is 3.55. The van der Waals surface area contributed by atoms with Gasteiger partial charge in [0.1, 0.15) is 6.10 Å². The molecule has 0 aromatic carbocycles. The van der Waals surface area contributed by atoms with Crippen molar-refractivity contribution < 1.29 is 19.4 Å². The van der Waals surface area contributed by atoms with Crippen LogP contribution >= 0.6 is 0 Å². The topological polar surface area (TPSA) is 63.6 Å². The molecule has 1 atom stereocenters. The molecule has 0 aliphatic carbocycles. The van der Waals surface area contributed by atoms with Crippen molar-refractivity contribution in [1.82, 2.24) is 0 Å². The third kappa shape index (κ3) is 6.80. The van der Waals surface area contributed by atoms with E-state index < -0.39 is 18.0 Å². The molecule has 0 amide bonds. The monoisotopic (exact) mass is 184 g/mol. The van der Waals surface area contributed by atoms with Crippen LogP contribution in [0.25, 0.3) is 0 Å². The minimum atomic E-state index is -1.01. The van der Waals surface area contributed by atoms with Gasteiger partial charge in [-0.3, -0.25) is 9.59 Å². The van der Waals surface area contributed by atoms with E-state index in [1.807, 2.05) is 0 Å². The Morgan fingerprint density at radius 1 is 1.62 bits per heavy atom. The summed E-state index contributed by atoms with van der Waals surface area (Å²) in [7, 11) is 0. The summed E-state index contributed by atoms with van der Waals surface area (Å²) in [5.74, 6) is -1.51. The summed E-state index contributed by atoms with van der Waals surface area (Å²) in [5.41, 5.74) is 0. The van der Waals surface area contributed by atoms with Crippen molar-refractivity contribution in [2.75, 3.05) is 0 Å². The number of hydrogen-bond donors (Lipinski definition) is 1. The maximum atomic E-state index is 10.5. The van der Waals surface area contributed by atoms with E-state index in [0.29, 0.717) is 0 Å². The molecule has 13 heavy (non-hydrogen) atoms. The summed E-state index contributed by atoms with van der Waals surface area (Å²) in [5, 5.41) is 8.45. The van der Waals surface area contributed by atoms with Gasteiger partial charge in [0, 0.05) is 6.92 Å². The molecule has 0 fully saturated rings. The number of carboxylic acids is 1. The summed E-state index contributed by atoms with van der Waals surface area (Å²) in [6.45, 7) is 4.65. The second-order valence-electron chi connectivity index (χ2n) is 2.37. The number of aliphatic carboxylic acids is 1. The van der Waals surface area contributed by atoms with Gasteiger partial charge in [0.2, 0.25) is 0 Å². The van der Waals surface area contributed by atoms with Crippen LogP contribution in [0.4, 0.5) is 0 Å². The van der Waals surface area contributed by atoms with E-state index in [0.717, 1.165) is 0 Å². The van der Waals surface area contributed by atoms with Crippen LogP contribution in [0.15, 0.2) is 24.8 Å². The zero-order chi connectivity index (χ0) is 10.3. The number of esters is 1. The fraction of sp³-hybridized carbons (Fsp3) is 0.333. The standard InChI is InChI=1S/C9H12O4/c1-3-4-5-8(6-9(11)12)13-7(2)10/h3-5,8H,1,6H2,2H3,(H,11,12)/b5-4+. The zero-order valence-electron chi connectivity index (χ0n) is 7.40. The predicted octanol–water partition coefficient (Wildman–Crippen LogP) is 1.14. The van der Waals surface area contributed by atoms with Gasteiger partial charge in [0.05, 0.1) is 6.42 Å². The van der Waals surface area contributed by atoms with Crippen molar-refractivity contribution in [3.8, 4) is 0 Å². The molecule has 4 nitrogen and oxygen atoms in total. The van der Waals surface area contributed by atoms with Crippen molar-refractivity contribution in [2.24, 2.45) is 0 Å². The molecular weight excluding hydrogens is 172 g/mol. The van der Waals surface area contributed by atoms with Crippen LogP contribution in [0.5, 0.6) is 0 Å². The van der Waals surface area contributed by atoms with Crippen molar-refractivity contribution in [2.45, 2.75) is 19.4 Å². The van der Waals surface area contributed by atoms with Gasteiger partial charge in [0.25, 0.3) is 0 Å². The Morgan fingerprint density at radius 3 is 2.62 bits per heavy atom. The Morgan fingerprint density at radius 2 is 2.23 bits per heavy atom. The predicted molar refractivity (Wildman–Crippen MR) is 47.1 cm³/mol. The van der Waals surface area contributed by atoms with Crippen LogP contribution in [0.3, 0.4) is 0 Å². The first-order valence-corrected chi connectivity index (χ1v) is 3.74. The first-order chi connectivity index (χ1) is 6.06. The minimum Gasteiger partial charge on any atom is -0.481 e. The fourth-order valence-corrected chi connectivity index (χ4v) is 0.737. The Hall–Kier alpha value is -1.58. The van der Waals surface area contributed by atoms with Gasteiger partial charge in [-0.15, -0.1) is 0 Å². The third-order valence-electron chi connectivity index (χ3n) is 1.15. The molecule has 4 heteroatoms. The number of hydrogen-bond acceptors (Lipinski definition) is 3. The Kier molecular flexibility index (Phi) is 5.27. The van der Waals surface area contributed by atoms with Gasteiger partial charge in [-0.05, 0) is 6.08 Å². The molecule has 0 bridgehead atoms. The normalized spacial score (nSPS) is 12.4. The second kappa shape index (κ2) is 5.99. The van der Waals surface area contributed by atoms with E-state index in [1.165, 1.54) is 25.2 Å². The molecule has 0 radical (unpaired) electrons. The third-order valence-corrected chi connectivity index (χ3v) is 1.15. The van der Waals surface area contributed by atoms with Crippen LogP contribution in [-0.2, 0) is 14.3 Å². The van der Waals surface area contributed by atoms with Gasteiger partial charge in [-0.2, -0.15) is 0 Å². The summed E-state index contributed by atoms with van der Waals surface area (Å²) >= 11 is 0. The highest BCUT2D eigenvalue weighted by molar-refractivity contribution is 5.70. The highest BCUT2D eigenvalue weighted by atomic mass is 16.5. The van der Waals surface area contributed by atoms with Crippen molar-refractivity contribution in [3.63, 3.8) is 0 Å². The summed E-state index contributed by atoms with van der Waals surface area (Å²) in [6, 6.07) is 0. The molecule has 0 heterocycles. The molecule has 72 valence electrons. The van der Waals surface area contributed by atoms with Gasteiger partial charge in [-0.1, -0.05) is 18.7 Å². The average molecular weight is 184 g/mol. The highest BCUT2D eigenvalue weighted by Gasteiger charge is 2.11. The molecule has 0 aromatic rings. The Bertz CT molecular complexity index is 214. The maximum absolute atomic E-state index is 10.5. The van der Waals surface area contributed by atoms with Crippen LogP contribution in [0, 0.1) is 0 Å². The lowest BCUT2D eigenvalue weighted by molar-refractivity contribution is -0.148. The Labute approximate surface area is 76.5 Å². The van der Waals surface area contributed by atoms with Crippen molar-refractivity contribution >= 4 is 11.9 Å². The lowest BCUT2D eigenvalue weighted by Crippen LogP contribution is -2.17. The van der Waals surface area contributed by atoms with Crippen LogP contribution < -0.4 is 0 Å². The van der Waals surface area contributed by atoms with E-state index in [4.69, 9.17) is 9.84 Å². The van der Waals surface area contributed by atoms with Crippen LogP contribution in [0.2, 0.25) is 0 Å². The number of carbonyl (C=O) groups excluding carboxylic acids is 1. The van der Waals surface area contributed by atoms with E-state index >= 15 is 0 Å². The average Bonchev–Trinajstić information content (AvgIpc) is 1.98. The van der Waals surface area contributed by atoms with E-state index in [9.17, 15) is 9.59 Å². The quantitative estimate of drug-likeness (QED) is 0.514. The first kappa shape index (κ1) is 11.4. The molecule has 0 saturated carbocycles. The molecule has 0 aliphatic rings. The molecule has 0 aliphatic heterocycles.